The number of allylic oxidation sites excluding steroid dienone is 2. The van der Waals surface area contributed by atoms with Gasteiger partial charge in [-0.05, 0) is 25.3 Å². The Labute approximate surface area is 59.0 Å². The van der Waals surface area contributed by atoms with Gasteiger partial charge in [0.15, 0.2) is 0 Å². The molecule has 3 heteroatoms. The number of dihydropyridines is 1. The van der Waals surface area contributed by atoms with Crippen LogP contribution >= 0.6 is 0 Å². The molecule has 10 heavy (non-hydrogen) atoms. The molecule has 0 saturated carbocycles. The van der Waals surface area contributed by atoms with E-state index in [0.717, 1.165) is 0 Å². The molecule has 1 atom stereocenters. The maximum absolute atomic E-state index is 10.4. The van der Waals surface area contributed by atoms with Crippen molar-refractivity contribution < 1.29 is 9.90 Å². The van der Waals surface area contributed by atoms with Crippen LogP contribution in [0.1, 0.15) is 6.92 Å². The Bertz CT molecular complexity index is 206. The zero-order valence-corrected chi connectivity index (χ0v) is 5.66. The summed E-state index contributed by atoms with van der Waals surface area (Å²) in [6.45, 7) is 1.81. The molecule has 1 aliphatic rings. The smallest absolute Gasteiger partial charge is 0.333 e. The van der Waals surface area contributed by atoms with Gasteiger partial charge in [0.2, 0.25) is 0 Å². The summed E-state index contributed by atoms with van der Waals surface area (Å²) < 4.78 is 0. The minimum atomic E-state index is -0.857. The average Bonchev–Trinajstić information content (AvgIpc) is 1.88. The van der Waals surface area contributed by atoms with Crippen molar-refractivity contribution in [2.45, 2.75) is 13.0 Å². The van der Waals surface area contributed by atoms with Crippen LogP contribution in [0.25, 0.3) is 0 Å². The summed E-state index contributed by atoms with van der Waals surface area (Å²) in [6, 6.07) is -0.0810. The Balaban J connectivity index is 2.80. The van der Waals surface area contributed by atoms with Crippen molar-refractivity contribution >= 4 is 5.97 Å². The summed E-state index contributed by atoms with van der Waals surface area (Å²) in [5.41, 5.74) is 0.405. The predicted molar refractivity (Wildman–Crippen MR) is 37.5 cm³/mol. The van der Waals surface area contributed by atoms with E-state index in [2.05, 4.69) is 5.32 Å². The zero-order valence-electron chi connectivity index (χ0n) is 5.66. The Morgan fingerprint density at radius 1 is 1.80 bits per heavy atom. The van der Waals surface area contributed by atoms with Gasteiger partial charge in [-0.2, -0.15) is 0 Å². The van der Waals surface area contributed by atoms with E-state index in [4.69, 9.17) is 5.11 Å². The van der Waals surface area contributed by atoms with Gasteiger partial charge in [-0.25, -0.2) is 4.79 Å². The lowest BCUT2D eigenvalue weighted by molar-refractivity contribution is -0.133. The van der Waals surface area contributed by atoms with Gasteiger partial charge in [0.05, 0.1) is 11.6 Å². The number of hydrogen-bond donors (Lipinski definition) is 2. The van der Waals surface area contributed by atoms with Crippen molar-refractivity contribution in [2.75, 3.05) is 0 Å². The predicted octanol–water partition coefficient (Wildman–Crippen LogP) is 0.503. The molecule has 1 unspecified atom stereocenters. The maximum Gasteiger partial charge on any atom is 0.333 e. The molecule has 1 heterocycles. The first-order valence-corrected chi connectivity index (χ1v) is 3.08. The van der Waals surface area contributed by atoms with Crippen LogP contribution in [0.4, 0.5) is 0 Å². The first kappa shape index (κ1) is 6.86. The van der Waals surface area contributed by atoms with Crippen molar-refractivity contribution in [2.24, 2.45) is 0 Å². The fourth-order valence-electron chi connectivity index (χ4n) is 0.842. The summed E-state index contributed by atoms with van der Waals surface area (Å²) >= 11 is 0. The van der Waals surface area contributed by atoms with Gasteiger partial charge in [-0.15, -0.1) is 0 Å². The molecule has 0 saturated heterocycles. The van der Waals surface area contributed by atoms with Crippen LogP contribution in [0.3, 0.4) is 0 Å². The van der Waals surface area contributed by atoms with E-state index in [0.29, 0.717) is 5.57 Å². The number of hydrogen-bond acceptors (Lipinski definition) is 2. The van der Waals surface area contributed by atoms with E-state index in [9.17, 15) is 4.79 Å². The van der Waals surface area contributed by atoms with Gasteiger partial charge in [0, 0.05) is 0 Å². The average molecular weight is 139 g/mol. The van der Waals surface area contributed by atoms with Crippen LogP contribution in [0.5, 0.6) is 0 Å². The number of aliphatic carboxylic acids is 1. The zero-order chi connectivity index (χ0) is 7.56. The second-order valence-electron chi connectivity index (χ2n) is 2.17. The molecule has 0 aromatic heterocycles. The van der Waals surface area contributed by atoms with E-state index in [-0.39, 0.29) is 6.04 Å². The molecule has 0 spiro atoms. The molecule has 0 fully saturated rings. The third kappa shape index (κ3) is 1.18. The number of nitrogens with one attached hydrogen (secondary N) is 1. The minimum absolute atomic E-state index is 0.0810. The summed E-state index contributed by atoms with van der Waals surface area (Å²) in [5.74, 6) is -0.857. The monoisotopic (exact) mass is 139 g/mol. The van der Waals surface area contributed by atoms with E-state index < -0.39 is 5.97 Å². The van der Waals surface area contributed by atoms with Gasteiger partial charge >= 0.3 is 5.97 Å². The first-order valence-electron chi connectivity index (χ1n) is 3.08. The molecule has 0 amide bonds. The maximum atomic E-state index is 10.4. The molecule has 1 rings (SSSR count). The molecule has 0 aromatic rings. The highest BCUT2D eigenvalue weighted by molar-refractivity contribution is 5.88. The molecule has 0 aromatic carbocycles. The minimum Gasteiger partial charge on any atom is -0.478 e. The summed E-state index contributed by atoms with van der Waals surface area (Å²) in [5, 5.41) is 11.5. The van der Waals surface area contributed by atoms with Crippen molar-refractivity contribution in [1.82, 2.24) is 5.32 Å². The fraction of sp³-hybridized carbons (Fsp3) is 0.286. The fourth-order valence-corrected chi connectivity index (χ4v) is 0.842. The molecule has 0 bridgehead atoms. The van der Waals surface area contributed by atoms with Gasteiger partial charge in [-0.1, -0.05) is 0 Å². The van der Waals surface area contributed by atoms with Crippen molar-refractivity contribution in [3.8, 4) is 0 Å². The molecule has 0 aliphatic carbocycles. The van der Waals surface area contributed by atoms with Gasteiger partial charge in [0.25, 0.3) is 0 Å². The molecular weight excluding hydrogens is 130 g/mol. The van der Waals surface area contributed by atoms with Gasteiger partial charge < -0.3 is 10.4 Å². The molecule has 2 N–H and O–H groups in total. The Hall–Kier alpha value is -1.25. The molecule has 3 nitrogen and oxygen atoms in total. The lowest BCUT2D eigenvalue weighted by Gasteiger charge is -2.14. The summed E-state index contributed by atoms with van der Waals surface area (Å²) in [6.07, 6.45) is 5.02. The summed E-state index contributed by atoms with van der Waals surface area (Å²) in [7, 11) is 0. The Morgan fingerprint density at radius 3 is 2.90 bits per heavy atom. The molecular formula is C7H9NO2. The van der Waals surface area contributed by atoms with E-state index >= 15 is 0 Å². The van der Waals surface area contributed by atoms with Crippen LogP contribution < -0.4 is 5.32 Å². The van der Waals surface area contributed by atoms with Crippen molar-refractivity contribution in [3.63, 3.8) is 0 Å². The van der Waals surface area contributed by atoms with E-state index in [1.807, 2.05) is 6.92 Å². The molecule has 1 aliphatic heterocycles. The summed E-state index contributed by atoms with van der Waals surface area (Å²) in [4.78, 5) is 10.4. The van der Waals surface area contributed by atoms with Crippen LogP contribution in [-0.2, 0) is 4.79 Å². The van der Waals surface area contributed by atoms with Gasteiger partial charge in [0.1, 0.15) is 0 Å². The first-order chi connectivity index (χ1) is 4.72. The Morgan fingerprint density at radius 2 is 2.50 bits per heavy atom. The van der Waals surface area contributed by atoms with Crippen LogP contribution in [-0.4, -0.2) is 17.1 Å². The molecule has 54 valence electrons. The third-order valence-corrected chi connectivity index (χ3v) is 1.43. The lowest BCUT2D eigenvalue weighted by Crippen LogP contribution is -2.28. The normalized spacial score (nSPS) is 23.3. The van der Waals surface area contributed by atoms with Crippen LogP contribution in [0.2, 0.25) is 0 Å². The Kier molecular flexibility index (Phi) is 1.76. The topological polar surface area (TPSA) is 49.3 Å². The van der Waals surface area contributed by atoms with Crippen molar-refractivity contribution in [3.05, 3.63) is 23.9 Å². The second-order valence-corrected chi connectivity index (χ2v) is 2.17. The van der Waals surface area contributed by atoms with E-state index in [1.54, 1.807) is 18.4 Å². The van der Waals surface area contributed by atoms with E-state index in [1.165, 1.54) is 0 Å². The van der Waals surface area contributed by atoms with Crippen LogP contribution in [0, 0.1) is 0 Å². The highest BCUT2D eigenvalue weighted by atomic mass is 16.4. The van der Waals surface area contributed by atoms with Crippen molar-refractivity contribution in [1.29, 1.82) is 0 Å². The number of carboxylic acid groups (broad SMARTS) is 1. The number of carbonyl (C=O) groups is 1. The lowest BCUT2D eigenvalue weighted by atomic mass is 10.1. The second kappa shape index (κ2) is 2.56. The number of carboxylic acids is 1. The largest absolute Gasteiger partial charge is 0.478 e. The third-order valence-electron chi connectivity index (χ3n) is 1.43. The standard InChI is InChI=1S/C7H9NO2/c1-5-6(7(9)10)3-2-4-8-5/h2-5,8H,1H3,(H,9,10). The SMILES string of the molecule is CC1NC=CC=C1C(=O)O. The van der Waals surface area contributed by atoms with Gasteiger partial charge in [-0.3, -0.25) is 0 Å². The quantitative estimate of drug-likeness (QED) is 0.556. The number of rotatable bonds is 1. The van der Waals surface area contributed by atoms with Crippen LogP contribution in [0.15, 0.2) is 23.9 Å². The highest BCUT2D eigenvalue weighted by Crippen LogP contribution is 2.05. The highest BCUT2D eigenvalue weighted by Gasteiger charge is 2.14. The molecule has 0 radical (unpaired) electrons.